The van der Waals surface area contributed by atoms with Gasteiger partial charge in [0.1, 0.15) is 17.5 Å². The minimum Gasteiger partial charge on any atom is -0.494 e. The summed E-state index contributed by atoms with van der Waals surface area (Å²) in [5.74, 6) is 1.04. The SMILES string of the molecule is CCOc1ccc(NC(=O)N2CCN(S(=O)(=O)c3ccc4c(c3)CCO4)C(C(=O)N3CCOCC3)C2)cc1. The second-order valence-electron chi connectivity index (χ2n) is 9.27. The number of amides is 3. The van der Waals surface area contributed by atoms with Crippen molar-refractivity contribution in [1.29, 1.82) is 0 Å². The first-order valence-electron chi connectivity index (χ1n) is 12.8. The number of nitrogens with one attached hydrogen (secondary N) is 1. The van der Waals surface area contributed by atoms with E-state index in [1.165, 1.54) is 15.3 Å². The maximum atomic E-state index is 13.8. The zero-order valence-corrected chi connectivity index (χ0v) is 22.1. The lowest BCUT2D eigenvalue weighted by Gasteiger charge is -2.42. The van der Waals surface area contributed by atoms with Crippen LogP contribution in [0.4, 0.5) is 10.5 Å². The number of anilines is 1. The van der Waals surface area contributed by atoms with Gasteiger partial charge in [0.2, 0.25) is 15.9 Å². The Bertz CT molecular complexity index is 1280. The first kappa shape index (κ1) is 26.3. The first-order chi connectivity index (χ1) is 18.4. The Morgan fingerprint density at radius 1 is 1.00 bits per heavy atom. The Morgan fingerprint density at radius 3 is 2.50 bits per heavy atom. The van der Waals surface area contributed by atoms with E-state index in [0.717, 1.165) is 5.56 Å². The second-order valence-corrected chi connectivity index (χ2v) is 11.2. The number of carbonyl (C=O) groups is 2. The fourth-order valence-corrected chi connectivity index (χ4v) is 6.51. The Kier molecular flexibility index (Phi) is 7.73. The number of morpholine rings is 1. The molecule has 1 atom stereocenters. The molecule has 3 aliphatic heterocycles. The summed E-state index contributed by atoms with van der Waals surface area (Å²) in [4.78, 5) is 30.0. The van der Waals surface area contributed by atoms with Crippen molar-refractivity contribution in [3.63, 3.8) is 0 Å². The number of ether oxygens (including phenoxy) is 3. The van der Waals surface area contributed by atoms with E-state index in [2.05, 4.69) is 5.32 Å². The highest BCUT2D eigenvalue weighted by molar-refractivity contribution is 7.89. The molecule has 204 valence electrons. The van der Waals surface area contributed by atoms with Crippen molar-refractivity contribution in [2.24, 2.45) is 0 Å². The lowest BCUT2D eigenvalue weighted by molar-refractivity contribution is -0.140. The second kappa shape index (κ2) is 11.2. The van der Waals surface area contributed by atoms with Crippen LogP contribution in [0.5, 0.6) is 11.5 Å². The van der Waals surface area contributed by atoms with Gasteiger partial charge in [-0.25, -0.2) is 13.2 Å². The van der Waals surface area contributed by atoms with Crippen LogP contribution in [-0.2, 0) is 26.0 Å². The quantitative estimate of drug-likeness (QED) is 0.589. The summed E-state index contributed by atoms with van der Waals surface area (Å²) in [5.41, 5.74) is 1.40. The molecule has 1 N–H and O–H groups in total. The van der Waals surface area contributed by atoms with Crippen LogP contribution in [0.1, 0.15) is 12.5 Å². The molecule has 0 aromatic heterocycles. The molecule has 3 amide bonds. The van der Waals surface area contributed by atoms with Crippen LogP contribution in [0.15, 0.2) is 47.4 Å². The van der Waals surface area contributed by atoms with Gasteiger partial charge in [-0.3, -0.25) is 4.79 Å². The van der Waals surface area contributed by atoms with Crippen molar-refractivity contribution in [1.82, 2.24) is 14.1 Å². The molecule has 12 heteroatoms. The minimum atomic E-state index is -4.01. The first-order valence-corrected chi connectivity index (χ1v) is 14.2. The molecule has 0 bridgehead atoms. The van der Waals surface area contributed by atoms with Crippen LogP contribution in [0.2, 0.25) is 0 Å². The lowest BCUT2D eigenvalue weighted by Crippen LogP contribution is -2.63. The third-order valence-electron chi connectivity index (χ3n) is 6.91. The number of hydrogen-bond acceptors (Lipinski definition) is 7. The van der Waals surface area contributed by atoms with E-state index in [4.69, 9.17) is 14.2 Å². The number of piperazine rings is 1. The van der Waals surface area contributed by atoms with Crippen molar-refractivity contribution in [2.45, 2.75) is 24.3 Å². The lowest BCUT2D eigenvalue weighted by atomic mass is 10.1. The van der Waals surface area contributed by atoms with Crippen molar-refractivity contribution in [2.75, 3.05) is 64.5 Å². The Morgan fingerprint density at radius 2 is 1.76 bits per heavy atom. The third kappa shape index (κ3) is 5.42. The molecule has 0 saturated carbocycles. The number of hydrogen-bond donors (Lipinski definition) is 1. The predicted octanol–water partition coefficient (Wildman–Crippen LogP) is 1.79. The van der Waals surface area contributed by atoms with Crippen LogP contribution in [0.3, 0.4) is 0 Å². The standard InChI is InChI=1S/C26H32N4O7S/c1-2-36-21-5-3-20(4-6-21)27-26(32)29-10-11-30(23(18-29)25(31)28-12-15-35-16-13-28)38(33,34)22-7-8-24-19(17-22)9-14-37-24/h3-8,17,23H,2,9-16,18H2,1H3,(H,27,32). The van der Waals surface area contributed by atoms with Crippen molar-refractivity contribution in [3.05, 3.63) is 48.0 Å². The number of carbonyl (C=O) groups excluding carboxylic acids is 2. The van der Waals surface area contributed by atoms with Crippen LogP contribution >= 0.6 is 0 Å². The van der Waals surface area contributed by atoms with E-state index in [1.54, 1.807) is 41.3 Å². The molecule has 2 aromatic rings. The molecule has 0 radical (unpaired) electrons. The van der Waals surface area contributed by atoms with Gasteiger partial charge < -0.3 is 29.3 Å². The molecule has 11 nitrogen and oxygen atoms in total. The van der Waals surface area contributed by atoms with Gasteiger partial charge in [-0.05, 0) is 55.0 Å². The summed E-state index contributed by atoms with van der Waals surface area (Å²) in [6, 6.07) is 10.3. The topological polar surface area (TPSA) is 118 Å². The van der Waals surface area contributed by atoms with E-state index in [-0.39, 0.29) is 30.4 Å². The summed E-state index contributed by atoms with van der Waals surface area (Å²) in [5, 5.41) is 2.84. The highest BCUT2D eigenvalue weighted by atomic mass is 32.2. The van der Waals surface area contributed by atoms with Gasteiger partial charge in [-0.1, -0.05) is 0 Å². The van der Waals surface area contributed by atoms with Crippen molar-refractivity contribution >= 4 is 27.6 Å². The molecule has 2 fully saturated rings. The number of sulfonamides is 1. The summed E-state index contributed by atoms with van der Waals surface area (Å²) in [6.07, 6.45) is 0.633. The maximum absolute atomic E-state index is 13.8. The van der Waals surface area contributed by atoms with Gasteiger partial charge in [0.15, 0.2) is 0 Å². The van der Waals surface area contributed by atoms with Crippen LogP contribution in [0, 0.1) is 0 Å². The molecule has 3 heterocycles. The van der Waals surface area contributed by atoms with Gasteiger partial charge in [0.05, 0.1) is 31.3 Å². The van der Waals surface area contributed by atoms with Crippen LogP contribution in [-0.4, -0.2) is 99.7 Å². The predicted molar refractivity (Wildman–Crippen MR) is 139 cm³/mol. The van der Waals surface area contributed by atoms with E-state index < -0.39 is 22.1 Å². The molecule has 38 heavy (non-hydrogen) atoms. The minimum absolute atomic E-state index is 0.00658. The van der Waals surface area contributed by atoms with Gasteiger partial charge in [-0.15, -0.1) is 0 Å². The largest absolute Gasteiger partial charge is 0.494 e. The van der Waals surface area contributed by atoms with E-state index in [0.29, 0.717) is 63.1 Å². The number of benzene rings is 2. The normalized spacial score (nSPS) is 20.0. The van der Waals surface area contributed by atoms with Crippen molar-refractivity contribution in [3.8, 4) is 11.5 Å². The average Bonchev–Trinajstić information content (AvgIpc) is 3.42. The van der Waals surface area contributed by atoms with Crippen LogP contribution in [0.25, 0.3) is 0 Å². The smallest absolute Gasteiger partial charge is 0.321 e. The molecule has 0 aliphatic carbocycles. The Balaban J connectivity index is 1.37. The number of fused-ring (bicyclic) bond motifs is 1. The van der Waals surface area contributed by atoms with E-state index >= 15 is 0 Å². The zero-order valence-electron chi connectivity index (χ0n) is 21.3. The third-order valence-corrected chi connectivity index (χ3v) is 8.81. The molecule has 3 aliphatic rings. The van der Waals surface area contributed by atoms with Crippen molar-refractivity contribution < 1.29 is 32.2 Å². The van der Waals surface area contributed by atoms with Gasteiger partial charge in [0, 0.05) is 44.8 Å². The molecular formula is C26H32N4O7S. The van der Waals surface area contributed by atoms with Gasteiger partial charge in [-0.2, -0.15) is 4.31 Å². The summed E-state index contributed by atoms with van der Waals surface area (Å²) in [7, 11) is -4.01. The Hall–Kier alpha value is -3.35. The summed E-state index contributed by atoms with van der Waals surface area (Å²) < 4.78 is 45.2. The average molecular weight is 545 g/mol. The fourth-order valence-electron chi connectivity index (χ4n) is 4.90. The van der Waals surface area contributed by atoms with E-state index in [9.17, 15) is 18.0 Å². The van der Waals surface area contributed by atoms with E-state index in [1.807, 2.05) is 6.92 Å². The molecule has 5 rings (SSSR count). The molecule has 2 aromatic carbocycles. The zero-order chi connectivity index (χ0) is 26.7. The monoisotopic (exact) mass is 544 g/mol. The highest BCUT2D eigenvalue weighted by Crippen LogP contribution is 2.30. The number of nitrogens with zero attached hydrogens (tertiary/aromatic N) is 3. The number of urea groups is 1. The maximum Gasteiger partial charge on any atom is 0.321 e. The number of rotatable bonds is 6. The highest BCUT2D eigenvalue weighted by Gasteiger charge is 2.43. The summed E-state index contributed by atoms with van der Waals surface area (Å²) in [6.45, 7) is 4.53. The molecular weight excluding hydrogens is 512 g/mol. The summed E-state index contributed by atoms with van der Waals surface area (Å²) >= 11 is 0. The van der Waals surface area contributed by atoms with Gasteiger partial charge >= 0.3 is 6.03 Å². The van der Waals surface area contributed by atoms with Gasteiger partial charge in [0.25, 0.3) is 0 Å². The van der Waals surface area contributed by atoms with Crippen LogP contribution < -0.4 is 14.8 Å². The molecule has 0 spiro atoms. The molecule has 1 unspecified atom stereocenters. The molecule has 2 saturated heterocycles. The fraction of sp³-hybridized carbons (Fsp3) is 0.462. The Labute approximate surface area is 222 Å².